The van der Waals surface area contributed by atoms with Crippen LogP contribution in [0.3, 0.4) is 0 Å². The van der Waals surface area contributed by atoms with Gasteiger partial charge in [-0.2, -0.15) is 0 Å². The SMILES string of the molecule is CNC(=O)CCOCCOCCNC(=O)CCN1C(=O)CC(SCCOCCO[C@@H](C)C(=O)O[C@H]2CC(=O)N(C)c3cc(cc(C)c3Cl)C/C(C)=C/C=C/[C@@H](C)[C@@]3(O)CC(OC(=O)N3)[C@@H](C)[C@@H]3O[C@@]23C)C1=O. The molecule has 3 fully saturated rings. The molecule has 6 amide bonds. The number of esters is 1. The van der Waals surface area contributed by atoms with Crippen molar-refractivity contribution in [1.82, 2.24) is 20.9 Å². The quantitative estimate of drug-likeness (QED) is 0.0561. The second-order valence-corrected chi connectivity index (χ2v) is 20.5. The lowest BCUT2D eigenvalue weighted by Crippen LogP contribution is -2.60. The summed E-state index contributed by atoms with van der Waals surface area (Å²) in [4.78, 5) is 92.5. The Labute approximate surface area is 430 Å². The van der Waals surface area contributed by atoms with E-state index >= 15 is 0 Å². The highest BCUT2D eigenvalue weighted by Gasteiger charge is 2.64. The van der Waals surface area contributed by atoms with Gasteiger partial charge in [0.1, 0.15) is 23.5 Å². The van der Waals surface area contributed by atoms with Crippen molar-refractivity contribution in [1.29, 1.82) is 0 Å². The maximum absolute atomic E-state index is 14.2. The number of aryl methyl sites for hydroxylation is 1. The number of nitrogens with one attached hydrogen (secondary N) is 3. The number of halogens is 1. The third-order valence-electron chi connectivity index (χ3n) is 13.3. The number of ether oxygens (including phenoxy) is 7. The summed E-state index contributed by atoms with van der Waals surface area (Å²) in [7, 11) is 3.17. The molecule has 0 radical (unpaired) electrons. The molecule has 9 atom stereocenters. The highest BCUT2D eigenvalue weighted by atomic mass is 35.5. The average Bonchev–Trinajstić information content (AvgIpc) is 3.96. The predicted molar refractivity (Wildman–Crippen MR) is 267 cm³/mol. The fourth-order valence-corrected chi connectivity index (χ4v) is 9.95. The molecule has 4 heterocycles. The van der Waals surface area contributed by atoms with Crippen molar-refractivity contribution in [3.63, 3.8) is 0 Å². The number of amides is 6. The number of likely N-dealkylation sites (tertiary alicyclic amines) is 1. The van der Waals surface area contributed by atoms with Crippen molar-refractivity contribution in [2.24, 2.45) is 11.8 Å². The van der Waals surface area contributed by atoms with Gasteiger partial charge in [-0.1, -0.05) is 55.3 Å². The molecule has 1 aromatic carbocycles. The Morgan fingerprint density at radius 3 is 2.42 bits per heavy atom. The summed E-state index contributed by atoms with van der Waals surface area (Å²) in [6.45, 7) is 12.4. The highest BCUT2D eigenvalue weighted by molar-refractivity contribution is 8.00. The number of nitrogens with zero attached hydrogens (tertiary/aromatic N) is 2. The van der Waals surface area contributed by atoms with E-state index in [0.717, 1.165) is 21.6 Å². The number of benzene rings is 1. The Morgan fingerprint density at radius 1 is 0.972 bits per heavy atom. The van der Waals surface area contributed by atoms with Gasteiger partial charge >= 0.3 is 12.1 Å². The van der Waals surface area contributed by atoms with Crippen LogP contribution in [0, 0.1) is 18.8 Å². The van der Waals surface area contributed by atoms with Crippen LogP contribution < -0.4 is 20.9 Å². The van der Waals surface area contributed by atoms with Gasteiger partial charge in [-0.15, -0.1) is 11.8 Å². The maximum Gasteiger partial charge on any atom is 0.409 e. The number of allylic oxidation sites excluding steroid dienone is 3. The monoisotopic (exact) mass is 1050 g/mol. The smallest absolute Gasteiger partial charge is 0.409 e. The summed E-state index contributed by atoms with van der Waals surface area (Å²) in [5, 5.41) is 19.3. The van der Waals surface area contributed by atoms with Crippen LogP contribution in [0.15, 0.2) is 35.9 Å². The standard InChI is InChI=1S/C50H72ClN5O15S/c1-30-10-9-11-32(3)50(64)29-37(69-48(63)54-50)33(4)45-49(6,71-45)39(28-42(59)55(8)36-26-35(24-30)25-31(2)44(36)51)70-47(62)34(5)68-21-20-67-22-23-72-38-27-43(60)56(46(38)61)15-12-41(58)53-14-17-66-19-18-65-16-13-40(57)52-7/h9-11,25-26,32-34,37-39,45,64H,12-24,27-29H2,1-8H3,(H,52,57)(H,53,58)(H,54,63)/b11-9+,30-10+/t32-,33-,34+,37?,38?,39+,45+,49+,50+/m1/s1. The number of hydrogen-bond acceptors (Lipinski definition) is 16. The van der Waals surface area contributed by atoms with E-state index in [1.54, 1.807) is 27.9 Å². The van der Waals surface area contributed by atoms with Crippen LogP contribution in [-0.4, -0.2) is 172 Å². The van der Waals surface area contributed by atoms with Crippen molar-refractivity contribution in [3.05, 3.63) is 52.1 Å². The first kappa shape index (κ1) is 58.3. The summed E-state index contributed by atoms with van der Waals surface area (Å²) < 4.78 is 40.3. The molecular weight excluding hydrogens is 978 g/mol. The third-order valence-corrected chi connectivity index (χ3v) is 14.9. The van der Waals surface area contributed by atoms with Crippen LogP contribution in [0.4, 0.5) is 10.5 Å². The molecule has 0 saturated carbocycles. The van der Waals surface area contributed by atoms with Crippen LogP contribution in [0.5, 0.6) is 0 Å². The number of thioether (sulfide) groups is 1. The normalized spacial score (nSPS) is 28.3. The molecule has 1 aromatic rings. The molecule has 5 rings (SSSR count). The number of hydrogen-bond donors (Lipinski definition) is 4. The van der Waals surface area contributed by atoms with Gasteiger partial charge in [-0.25, -0.2) is 9.59 Å². The van der Waals surface area contributed by atoms with Gasteiger partial charge in [0, 0.05) is 70.5 Å². The maximum atomic E-state index is 14.2. The van der Waals surface area contributed by atoms with E-state index in [1.165, 1.54) is 23.6 Å². The minimum Gasteiger partial charge on any atom is -0.457 e. The first-order valence-electron chi connectivity index (χ1n) is 24.4. The summed E-state index contributed by atoms with van der Waals surface area (Å²) in [6, 6.07) is 3.82. The van der Waals surface area contributed by atoms with Gasteiger partial charge in [-0.05, 0) is 51.3 Å². The Bertz CT molecular complexity index is 2180. The van der Waals surface area contributed by atoms with Gasteiger partial charge in [0.25, 0.3) is 0 Å². The van der Waals surface area contributed by atoms with Gasteiger partial charge in [0.15, 0.2) is 6.10 Å². The summed E-state index contributed by atoms with van der Waals surface area (Å²) >= 11 is 8.08. The van der Waals surface area contributed by atoms with Gasteiger partial charge in [0.2, 0.25) is 29.5 Å². The van der Waals surface area contributed by atoms with E-state index < -0.39 is 70.8 Å². The molecule has 4 bridgehead atoms. The zero-order chi connectivity index (χ0) is 52.8. The molecule has 72 heavy (non-hydrogen) atoms. The van der Waals surface area contributed by atoms with Gasteiger partial charge < -0.3 is 53.8 Å². The number of fused-ring (bicyclic) bond motifs is 5. The lowest BCUT2D eigenvalue weighted by Gasteiger charge is -2.41. The average molecular weight is 1050 g/mol. The number of aliphatic hydroxyl groups is 1. The lowest BCUT2D eigenvalue weighted by molar-refractivity contribution is -0.166. The summed E-state index contributed by atoms with van der Waals surface area (Å²) in [5.41, 5.74) is 0.364. The number of carbonyl (C=O) groups excluding carboxylic acids is 7. The van der Waals surface area contributed by atoms with E-state index in [9.17, 15) is 38.7 Å². The van der Waals surface area contributed by atoms with E-state index in [0.29, 0.717) is 36.1 Å². The van der Waals surface area contributed by atoms with Crippen molar-refractivity contribution in [2.45, 2.75) is 121 Å². The zero-order valence-electron chi connectivity index (χ0n) is 42.6. The van der Waals surface area contributed by atoms with E-state index in [4.69, 9.17) is 44.8 Å². The molecule has 3 saturated heterocycles. The predicted octanol–water partition coefficient (Wildman–Crippen LogP) is 3.55. The fourth-order valence-electron chi connectivity index (χ4n) is 8.68. The molecule has 2 unspecified atom stereocenters. The van der Waals surface area contributed by atoms with Gasteiger partial charge in [0.05, 0.1) is 74.7 Å². The molecular formula is C50H72ClN5O15S. The molecule has 4 aliphatic rings. The number of anilines is 1. The minimum atomic E-state index is -1.63. The number of carbonyl (C=O) groups is 7. The molecule has 20 nitrogen and oxygen atoms in total. The molecule has 4 N–H and O–H groups in total. The van der Waals surface area contributed by atoms with Crippen LogP contribution in [0.1, 0.15) is 77.8 Å². The van der Waals surface area contributed by atoms with E-state index in [2.05, 4.69) is 16.0 Å². The first-order chi connectivity index (χ1) is 34.2. The van der Waals surface area contributed by atoms with E-state index in [1.807, 2.05) is 51.1 Å². The molecule has 400 valence electrons. The summed E-state index contributed by atoms with van der Waals surface area (Å²) in [6.07, 6.45) is 1.76. The van der Waals surface area contributed by atoms with Crippen molar-refractivity contribution in [3.8, 4) is 0 Å². The topological polar surface area (TPSA) is 250 Å². The fraction of sp³-hybridized carbons (Fsp3) is 0.660. The Kier molecular flexibility index (Phi) is 21.9. The van der Waals surface area contributed by atoms with Gasteiger partial charge in [-0.3, -0.25) is 34.2 Å². The number of imide groups is 1. The van der Waals surface area contributed by atoms with Crippen molar-refractivity contribution < 1.29 is 71.8 Å². The minimum absolute atomic E-state index is 0.0127. The Morgan fingerprint density at radius 2 is 1.68 bits per heavy atom. The third kappa shape index (κ3) is 16.2. The molecule has 22 heteroatoms. The molecule has 0 aromatic heterocycles. The van der Waals surface area contributed by atoms with Crippen LogP contribution >= 0.6 is 23.4 Å². The highest BCUT2D eigenvalue weighted by Crippen LogP contribution is 2.49. The Balaban J connectivity index is 1.09. The molecule has 0 aliphatic carbocycles. The van der Waals surface area contributed by atoms with Crippen molar-refractivity contribution in [2.75, 3.05) is 84.1 Å². The summed E-state index contributed by atoms with van der Waals surface area (Å²) in [5.74, 6) is -2.88. The lowest BCUT2D eigenvalue weighted by atomic mass is 9.82. The second kappa shape index (κ2) is 27.1. The molecule has 4 aliphatic heterocycles. The van der Waals surface area contributed by atoms with Crippen LogP contribution in [0.2, 0.25) is 5.02 Å². The largest absolute Gasteiger partial charge is 0.457 e. The first-order valence-corrected chi connectivity index (χ1v) is 25.9. The van der Waals surface area contributed by atoms with Crippen LogP contribution in [-0.2, 0) is 68.3 Å². The van der Waals surface area contributed by atoms with E-state index in [-0.39, 0.29) is 102 Å². The number of alkyl carbamates (subject to hydrolysis) is 1. The number of rotatable bonds is 22. The number of epoxide rings is 1. The molecule has 0 spiro atoms. The second-order valence-electron chi connectivity index (χ2n) is 18.8. The zero-order valence-corrected chi connectivity index (χ0v) is 44.2. The van der Waals surface area contributed by atoms with Crippen molar-refractivity contribution >= 4 is 70.6 Å². The van der Waals surface area contributed by atoms with Crippen LogP contribution in [0.25, 0.3) is 0 Å². The Hall–Kier alpha value is -4.61.